The van der Waals surface area contributed by atoms with Gasteiger partial charge in [0.05, 0.1) is 6.10 Å². The maximum atomic E-state index is 11.9. The minimum absolute atomic E-state index is 0.00327. The van der Waals surface area contributed by atoms with E-state index in [1.54, 1.807) is 13.0 Å². The van der Waals surface area contributed by atoms with Crippen LogP contribution in [0.3, 0.4) is 0 Å². The SMILES string of the molecule is CC(O)CCNC(=O)C1CC1c1cc(Cl)cc(Cl)c1. The zero-order valence-electron chi connectivity index (χ0n) is 10.7. The minimum Gasteiger partial charge on any atom is -0.393 e. The number of amides is 1. The largest absolute Gasteiger partial charge is 0.393 e. The topological polar surface area (TPSA) is 49.3 Å². The van der Waals surface area contributed by atoms with Crippen LogP contribution in [0.1, 0.15) is 31.2 Å². The Bertz CT molecular complexity index is 456. The van der Waals surface area contributed by atoms with E-state index in [0.717, 1.165) is 12.0 Å². The molecule has 1 aromatic carbocycles. The van der Waals surface area contributed by atoms with E-state index in [0.29, 0.717) is 23.0 Å². The molecule has 3 nitrogen and oxygen atoms in total. The summed E-state index contributed by atoms with van der Waals surface area (Å²) >= 11 is 11.9. The molecule has 0 radical (unpaired) electrons. The number of nitrogens with one attached hydrogen (secondary N) is 1. The average Bonchev–Trinajstić information content (AvgIpc) is 3.06. The van der Waals surface area contributed by atoms with Crippen LogP contribution in [-0.2, 0) is 4.79 Å². The highest BCUT2D eigenvalue weighted by molar-refractivity contribution is 6.34. The lowest BCUT2D eigenvalue weighted by Gasteiger charge is -2.07. The van der Waals surface area contributed by atoms with Gasteiger partial charge in [0.15, 0.2) is 0 Å². The van der Waals surface area contributed by atoms with Crippen molar-refractivity contribution in [2.75, 3.05) is 6.54 Å². The first kappa shape index (κ1) is 14.6. The Kier molecular flexibility index (Phi) is 4.71. The van der Waals surface area contributed by atoms with Crippen LogP contribution < -0.4 is 5.32 Å². The molecule has 5 heteroatoms. The summed E-state index contributed by atoms with van der Waals surface area (Å²) in [7, 11) is 0. The summed E-state index contributed by atoms with van der Waals surface area (Å²) < 4.78 is 0. The van der Waals surface area contributed by atoms with Gasteiger partial charge in [-0.25, -0.2) is 0 Å². The molecule has 1 aromatic rings. The number of carbonyl (C=O) groups excluding carboxylic acids is 1. The number of aliphatic hydroxyl groups is 1. The molecule has 1 fully saturated rings. The van der Waals surface area contributed by atoms with E-state index in [1.807, 2.05) is 12.1 Å². The minimum atomic E-state index is -0.387. The normalized spacial score (nSPS) is 22.9. The number of halogens is 2. The standard InChI is InChI=1S/C14H17Cl2NO2/c1-8(18)2-3-17-14(19)13-7-12(13)9-4-10(15)6-11(16)5-9/h4-6,8,12-13,18H,2-3,7H2,1H3,(H,17,19). The Morgan fingerprint density at radius 3 is 2.63 bits per heavy atom. The van der Waals surface area contributed by atoms with Gasteiger partial charge in [0.25, 0.3) is 0 Å². The van der Waals surface area contributed by atoms with Crippen LogP contribution in [0, 0.1) is 5.92 Å². The lowest BCUT2D eigenvalue weighted by molar-refractivity contribution is -0.122. The third-order valence-electron chi connectivity index (χ3n) is 3.30. The van der Waals surface area contributed by atoms with Gasteiger partial charge in [-0.05, 0) is 49.4 Å². The summed E-state index contributed by atoms with van der Waals surface area (Å²) in [6, 6.07) is 5.41. The maximum absolute atomic E-state index is 11.9. The van der Waals surface area contributed by atoms with E-state index in [4.69, 9.17) is 28.3 Å². The first-order valence-corrected chi connectivity index (χ1v) is 7.14. The van der Waals surface area contributed by atoms with Gasteiger partial charge in [-0.2, -0.15) is 0 Å². The van der Waals surface area contributed by atoms with E-state index in [1.165, 1.54) is 0 Å². The zero-order chi connectivity index (χ0) is 14.0. The molecule has 104 valence electrons. The lowest BCUT2D eigenvalue weighted by atomic mass is 10.1. The number of hydrogen-bond donors (Lipinski definition) is 2. The molecule has 2 rings (SSSR count). The lowest BCUT2D eigenvalue weighted by Crippen LogP contribution is -2.28. The van der Waals surface area contributed by atoms with Crippen molar-refractivity contribution in [1.82, 2.24) is 5.32 Å². The van der Waals surface area contributed by atoms with Crippen LogP contribution in [0.5, 0.6) is 0 Å². The van der Waals surface area contributed by atoms with E-state index < -0.39 is 0 Å². The van der Waals surface area contributed by atoms with Crippen LogP contribution in [0.2, 0.25) is 10.0 Å². The van der Waals surface area contributed by atoms with Crippen LogP contribution in [0.4, 0.5) is 0 Å². The van der Waals surface area contributed by atoms with Gasteiger partial charge < -0.3 is 10.4 Å². The Morgan fingerprint density at radius 1 is 1.42 bits per heavy atom. The van der Waals surface area contributed by atoms with Crippen molar-refractivity contribution in [3.8, 4) is 0 Å². The molecule has 1 amide bonds. The van der Waals surface area contributed by atoms with Crippen LogP contribution in [0.25, 0.3) is 0 Å². The Balaban J connectivity index is 1.88. The molecule has 0 aromatic heterocycles. The fourth-order valence-corrected chi connectivity index (χ4v) is 2.72. The maximum Gasteiger partial charge on any atom is 0.223 e. The molecular formula is C14H17Cl2NO2. The first-order chi connectivity index (χ1) is 8.97. The predicted molar refractivity (Wildman–Crippen MR) is 76.6 cm³/mol. The fraction of sp³-hybridized carbons (Fsp3) is 0.500. The van der Waals surface area contributed by atoms with Crippen molar-refractivity contribution in [1.29, 1.82) is 0 Å². The first-order valence-electron chi connectivity index (χ1n) is 6.39. The van der Waals surface area contributed by atoms with Crippen LogP contribution >= 0.6 is 23.2 Å². The van der Waals surface area contributed by atoms with Crippen molar-refractivity contribution < 1.29 is 9.90 Å². The third-order valence-corrected chi connectivity index (χ3v) is 3.74. The van der Waals surface area contributed by atoms with Gasteiger partial charge in [-0.15, -0.1) is 0 Å². The zero-order valence-corrected chi connectivity index (χ0v) is 12.2. The van der Waals surface area contributed by atoms with Crippen molar-refractivity contribution >= 4 is 29.1 Å². The number of rotatable bonds is 5. The van der Waals surface area contributed by atoms with Gasteiger partial charge in [-0.1, -0.05) is 23.2 Å². The molecule has 3 unspecified atom stereocenters. The molecule has 19 heavy (non-hydrogen) atoms. The van der Waals surface area contributed by atoms with Crippen molar-refractivity contribution in [3.63, 3.8) is 0 Å². The molecule has 3 atom stereocenters. The molecular weight excluding hydrogens is 285 g/mol. The van der Waals surface area contributed by atoms with Crippen LogP contribution in [-0.4, -0.2) is 23.7 Å². The number of carbonyl (C=O) groups is 1. The van der Waals surface area contributed by atoms with Gasteiger partial charge >= 0.3 is 0 Å². The Labute approximate surface area is 122 Å². The second-order valence-electron chi connectivity index (χ2n) is 5.08. The van der Waals surface area contributed by atoms with Gasteiger partial charge in [-0.3, -0.25) is 4.79 Å². The van der Waals surface area contributed by atoms with E-state index in [-0.39, 0.29) is 23.8 Å². The number of hydrogen-bond acceptors (Lipinski definition) is 2. The van der Waals surface area contributed by atoms with Crippen LogP contribution in [0.15, 0.2) is 18.2 Å². The quantitative estimate of drug-likeness (QED) is 0.878. The van der Waals surface area contributed by atoms with E-state index in [9.17, 15) is 4.79 Å². The average molecular weight is 302 g/mol. The smallest absolute Gasteiger partial charge is 0.223 e. The highest BCUT2D eigenvalue weighted by Gasteiger charge is 2.43. The van der Waals surface area contributed by atoms with E-state index in [2.05, 4.69) is 5.32 Å². The molecule has 0 aliphatic heterocycles. The molecule has 0 heterocycles. The summed E-state index contributed by atoms with van der Waals surface area (Å²) in [5, 5.41) is 13.2. The molecule has 1 saturated carbocycles. The summed E-state index contributed by atoms with van der Waals surface area (Å²) in [5.74, 6) is 0.257. The molecule has 0 spiro atoms. The summed E-state index contributed by atoms with van der Waals surface area (Å²) in [6.07, 6.45) is 1.02. The highest BCUT2D eigenvalue weighted by Crippen LogP contribution is 2.48. The Morgan fingerprint density at radius 2 is 2.05 bits per heavy atom. The molecule has 2 N–H and O–H groups in total. The van der Waals surface area contributed by atoms with Crippen molar-refractivity contribution in [2.45, 2.75) is 31.8 Å². The monoisotopic (exact) mass is 301 g/mol. The van der Waals surface area contributed by atoms with Gasteiger partial charge in [0, 0.05) is 22.5 Å². The summed E-state index contributed by atoms with van der Waals surface area (Å²) in [6.45, 7) is 2.22. The second kappa shape index (κ2) is 6.12. The Hall–Kier alpha value is -0.770. The van der Waals surface area contributed by atoms with Gasteiger partial charge in [0.2, 0.25) is 5.91 Å². The van der Waals surface area contributed by atoms with Crippen molar-refractivity contribution in [2.24, 2.45) is 5.92 Å². The highest BCUT2D eigenvalue weighted by atomic mass is 35.5. The summed E-state index contributed by atoms with van der Waals surface area (Å²) in [4.78, 5) is 11.9. The summed E-state index contributed by atoms with van der Waals surface area (Å²) in [5.41, 5.74) is 1.02. The fourth-order valence-electron chi connectivity index (χ4n) is 2.18. The van der Waals surface area contributed by atoms with Crippen molar-refractivity contribution in [3.05, 3.63) is 33.8 Å². The van der Waals surface area contributed by atoms with E-state index >= 15 is 0 Å². The number of aliphatic hydroxyl groups excluding tert-OH is 1. The van der Waals surface area contributed by atoms with Gasteiger partial charge in [0.1, 0.15) is 0 Å². The molecule has 0 bridgehead atoms. The third kappa shape index (κ3) is 4.10. The molecule has 1 aliphatic carbocycles. The molecule has 0 saturated heterocycles. The number of benzene rings is 1. The predicted octanol–water partition coefficient (Wildman–Crippen LogP) is 2.98. The molecule has 1 aliphatic rings. The second-order valence-corrected chi connectivity index (χ2v) is 5.95.